The van der Waals surface area contributed by atoms with E-state index in [4.69, 9.17) is 0 Å². The molecule has 2 aromatic carbocycles. The summed E-state index contributed by atoms with van der Waals surface area (Å²) < 4.78 is 0. The van der Waals surface area contributed by atoms with E-state index >= 15 is 0 Å². The smallest absolute Gasteiger partial charge is 0.184 e. The van der Waals surface area contributed by atoms with Crippen molar-refractivity contribution in [1.29, 1.82) is 0 Å². The highest BCUT2D eigenvalue weighted by Crippen LogP contribution is 2.26. The van der Waals surface area contributed by atoms with E-state index in [9.17, 15) is 4.79 Å². The minimum Gasteiger partial charge on any atom is -0.289 e. The Hall–Kier alpha value is -2.93. The van der Waals surface area contributed by atoms with Crippen LogP contribution in [0, 0.1) is 0 Å². The second-order valence-electron chi connectivity index (χ2n) is 9.78. The molecule has 0 saturated carbocycles. The van der Waals surface area contributed by atoms with Crippen LogP contribution >= 0.6 is 0 Å². The molecule has 1 heteroatoms. The molecule has 184 valence electrons. The number of hydrogen-bond acceptors (Lipinski definition) is 1. The Morgan fingerprint density at radius 2 is 1.74 bits per heavy atom. The molecule has 3 rings (SSSR count). The first-order valence-electron chi connectivity index (χ1n) is 13.5. The Morgan fingerprint density at radius 3 is 2.46 bits per heavy atom. The predicted molar refractivity (Wildman–Crippen MR) is 152 cm³/mol. The molecule has 0 aliphatic heterocycles. The van der Waals surface area contributed by atoms with Crippen LogP contribution in [0.4, 0.5) is 0 Å². The highest BCUT2D eigenvalue weighted by Gasteiger charge is 2.16. The fourth-order valence-electron chi connectivity index (χ4n) is 4.85. The summed E-state index contributed by atoms with van der Waals surface area (Å²) in [6.07, 6.45) is 16.7. The molecule has 0 N–H and O–H groups in total. The minimum absolute atomic E-state index is 0.286. The zero-order valence-electron chi connectivity index (χ0n) is 22.0. The largest absolute Gasteiger partial charge is 0.289 e. The summed E-state index contributed by atoms with van der Waals surface area (Å²) in [4.78, 5) is 13.1. The number of hydrogen-bond donors (Lipinski definition) is 0. The predicted octanol–water partition coefficient (Wildman–Crippen LogP) is 9.38. The Labute approximate surface area is 213 Å². The third-order valence-corrected chi connectivity index (χ3v) is 7.01. The van der Waals surface area contributed by atoms with Crippen molar-refractivity contribution in [2.75, 3.05) is 0 Å². The van der Waals surface area contributed by atoms with Crippen LogP contribution in [0.1, 0.15) is 94.4 Å². The Bertz CT molecular complexity index is 1090. The average molecular weight is 467 g/mol. The van der Waals surface area contributed by atoms with Crippen LogP contribution in [0.15, 0.2) is 90.1 Å². The van der Waals surface area contributed by atoms with Crippen molar-refractivity contribution in [1.82, 2.24) is 0 Å². The Morgan fingerprint density at radius 1 is 0.943 bits per heavy atom. The van der Waals surface area contributed by atoms with Gasteiger partial charge in [0, 0.05) is 5.57 Å². The number of aryl methyl sites for hydroxylation is 2. The summed E-state index contributed by atoms with van der Waals surface area (Å²) in [5.74, 6) is 0.286. The molecule has 35 heavy (non-hydrogen) atoms. The molecule has 0 atom stereocenters. The van der Waals surface area contributed by atoms with Crippen LogP contribution in [0.2, 0.25) is 0 Å². The molecule has 0 unspecified atom stereocenters. The number of carbonyl (C=O) groups excluding carboxylic acids is 1. The maximum Gasteiger partial charge on any atom is 0.184 e. The van der Waals surface area contributed by atoms with Crippen LogP contribution in [0.25, 0.3) is 5.57 Å². The quantitative estimate of drug-likeness (QED) is 0.163. The van der Waals surface area contributed by atoms with Crippen molar-refractivity contribution in [2.24, 2.45) is 0 Å². The lowest BCUT2D eigenvalue weighted by molar-refractivity contribution is -0.112. The topological polar surface area (TPSA) is 17.1 Å². The van der Waals surface area contributed by atoms with E-state index in [1.54, 1.807) is 0 Å². The van der Waals surface area contributed by atoms with Crippen LogP contribution in [-0.2, 0) is 17.6 Å². The van der Waals surface area contributed by atoms with Gasteiger partial charge >= 0.3 is 0 Å². The zero-order chi connectivity index (χ0) is 25.0. The molecule has 0 bridgehead atoms. The summed E-state index contributed by atoms with van der Waals surface area (Å²) in [7, 11) is 0. The first-order valence-corrected chi connectivity index (χ1v) is 13.5. The van der Waals surface area contributed by atoms with Gasteiger partial charge in [-0.2, -0.15) is 0 Å². The molecule has 0 fully saturated rings. The number of carbonyl (C=O) groups is 1. The third-order valence-electron chi connectivity index (χ3n) is 7.01. The van der Waals surface area contributed by atoms with Gasteiger partial charge in [-0.1, -0.05) is 106 Å². The van der Waals surface area contributed by atoms with Gasteiger partial charge in [0.15, 0.2) is 5.78 Å². The highest BCUT2D eigenvalue weighted by molar-refractivity contribution is 6.08. The van der Waals surface area contributed by atoms with Crippen molar-refractivity contribution < 1.29 is 4.79 Å². The zero-order valence-corrected chi connectivity index (χ0v) is 22.0. The lowest BCUT2D eigenvalue weighted by Crippen LogP contribution is -2.09. The van der Waals surface area contributed by atoms with E-state index in [1.165, 1.54) is 27.8 Å². The standard InChI is InChI=1S/C34H42O/c1-5-7-16-31(34(35)33-21-14-15-26(3)24-33)20-13-9-12-19-30-22-23-32(25-28(30)6-2)27(4)29-17-10-8-11-18-29/h8,10-11,15-18,21-23,25H,4-7,9,12-14,19-20,24H2,1-3H3/b31-16+. The molecule has 1 aliphatic rings. The maximum absolute atomic E-state index is 13.1. The van der Waals surface area contributed by atoms with E-state index in [2.05, 4.69) is 88.0 Å². The van der Waals surface area contributed by atoms with Gasteiger partial charge in [0.05, 0.1) is 0 Å². The van der Waals surface area contributed by atoms with E-state index in [0.717, 1.165) is 80.9 Å². The van der Waals surface area contributed by atoms with Crippen molar-refractivity contribution in [2.45, 2.75) is 85.0 Å². The number of allylic oxidation sites excluding steroid dienone is 6. The lowest BCUT2D eigenvalue weighted by atomic mass is 9.89. The van der Waals surface area contributed by atoms with E-state index in [0.29, 0.717) is 0 Å². The molecular formula is C34H42O. The van der Waals surface area contributed by atoms with E-state index < -0.39 is 0 Å². The van der Waals surface area contributed by atoms with Gasteiger partial charge in [-0.25, -0.2) is 0 Å². The van der Waals surface area contributed by atoms with Crippen molar-refractivity contribution in [3.05, 3.63) is 112 Å². The second-order valence-corrected chi connectivity index (χ2v) is 9.78. The van der Waals surface area contributed by atoms with Crippen molar-refractivity contribution >= 4 is 11.4 Å². The number of ketones is 1. The number of Topliss-reactive ketones (excluding diaryl/α,β-unsaturated/α-hetero) is 1. The average Bonchev–Trinajstić information content (AvgIpc) is 2.90. The van der Waals surface area contributed by atoms with E-state index in [-0.39, 0.29) is 5.78 Å². The van der Waals surface area contributed by atoms with Gasteiger partial charge in [-0.15, -0.1) is 0 Å². The molecule has 0 radical (unpaired) electrons. The lowest BCUT2D eigenvalue weighted by Gasteiger charge is -2.14. The van der Waals surface area contributed by atoms with Crippen LogP contribution < -0.4 is 0 Å². The molecule has 0 saturated heterocycles. The van der Waals surface area contributed by atoms with Gasteiger partial charge in [0.25, 0.3) is 0 Å². The molecule has 0 heterocycles. The normalized spacial score (nSPS) is 13.9. The maximum atomic E-state index is 13.1. The van der Waals surface area contributed by atoms with Crippen LogP contribution in [-0.4, -0.2) is 5.78 Å². The monoisotopic (exact) mass is 466 g/mol. The minimum atomic E-state index is 0.286. The second kappa shape index (κ2) is 13.8. The van der Waals surface area contributed by atoms with Crippen LogP contribution in [0.3, 0.4) is 0 Å². The summed E-state index contributed by atoms with van der Waals surface area (Å²) in [5, 5.41) is 0. The van der Waals surface area contributed by atoms with Gasteiger partial charge in [-0.3, -0.25) is 4.79 Å². The molecule has 0 amide bonds. The SMILES string of the molecule is C=C(c1ccccc1)c1ccc(CCCCC/C(=C\CCC)C(=O)C2=CCC=C(C)C2)c(CC)c1. The third kappa shape index (κ3) is 7.79. The molecule has 0 aromatic heterocycles. The summed E-state index contributed by atoms with van der Waals surface area (Å²) in [5.41, 5.74) is 9.69. The Kier molecular flexibility index (Phi) is 10.5. The summed E-state index contributed by atoms with van der Waals surface area (Å²) >= 11 is 0. The Balaban J connectivity index is 1.54. The fourth-order valence-corrected chi connectivity index (χ4v) is 4.85. The first kappa shape index (κ1) is 26.7. The summed E-state index contributed by atoms with van der Waals surface area (Å²) in [6.45, 7) is 10.9. The highest BCUT2D eigenvalue weighted by atomic mass is 16.1. The summed E-state index contributed by atoms with van der Waals surface area (Å²) in [6, 6.07) is 17.3. The number of rotatable bonds is 13. The molecule has 1 nitrogen and oxygen atoms in total. The number of benzene rings is 2. The first-order chi connectivity index (χ1) is 17.0. The van der Waals surface area contributed by atoms with Gasteiger partial charge in [-0.05, 0) is 91.7 Å². The molecule has 1 aliphatic carbocycles. The fraction of sp³-hybridized carbons (Fsp3) is 0.382. The molecule has 2 aromatic rings. The van der Waals surface area contributed by atoms with E-state index in [1.807, 2.05) is 6.07 Å². The molecule has 0 spiro atoms. The number of unbranched alkanes of at least 4 members (excludes halogenated alkanes) is 3. The van der Waals surface area contributed by atoms with Gasteiger partial charge in [0.1, 0.15) is 0 Å². The van der Waals surface area contributed by atoms with Crippen molar-refractivity contribution in [3.8, 4) is 0 Å². The van der Waals surface area contributed by atoms with Gasteiger partial charge < -0.3 is 0 Å². The van der Waals surface area contributed by atoms with Gasteiger partial charge in [0.2, 0.25) is 0 Å². The van der Waals surface area contributed by atoms with Crippen molar-refractivity contribution in [3.63, 3.8) is 0 Å². The van der Waals surface area contributed by atoms with Crippen LogP contribution in [0.5, 0.6) is 0 Å². The molecular weight excluding hydrogens is 424 g/mol.